The smallest absolute Gasteiger partial charge is 0.392 e. The largest absolute Gasteiger partial charge is 0.403 e. The fraction of sp³-hybridized carbons (Fsp3) is 0.455. The predicted molar refractivity (Wildman–Crippen MR) is 51.7 cm³/mol. The molecular weight excluding hydrogens is 300 g/mol. The van der Waals surface area contributed by atoms with Crippen molar-refractivity contribution in [3.05, 3.63) is 35.4 Å². The zero-order valence-corrected chi connectivity index (χ0v) is 9.56. The molecule has 0 spiro atoms. The highest BCUT2D eigenvalue weighted by Gasteiger charge is 2.60. The number of benzene rings is 1. The average Bonchev–Trinajstić information content (AvgIpc) is 2.18. The van der Waals surface area contributed by atoms with Crippen LogP contribution in [-0.4, -0.2) is 23.6 Å². The van der Waals surface area contributed by atoms with Crippen molar-refractivity contribution < 1.29 is 40.2 Å². The SMILES string of the molecule is OC(Cc1cc(F)ccc1F)C(C(F)(F)F)C(F)(F)F. The summed E-state index contributed by atoms with van der Waals surface area (Å²) in [5, 5.41) is 9.12. The van der Waals surface area contributed by atoms with Gasteiger partial charge in [-0.3, -0.25) is 0 Å². The monoisotopic (exact) mass is 308 g/mol. The van der Waals surface area contributed by atoms with Crippen molar-refractivity contribution in [3.8, 4) is 0 Å². The van der Waals surface area contributed by atoms with Crippen LogP contribution in [0.3, 0.4) is 0 Å². The van der Waals surface area contributed by atoms with Gasteiger partial charge < -0.3 is 5.11 Å². The summed E-state index contributed by atoms with van der Waals surface area (Å²) in [5.41, 5.74) is -0.768. The minimum atomic E-state index is -5.75. The summed E-state index contributed by atoms with van der Waals surface area (Å²) in [6, 6.07) is 1.63. The first kappa shape index (κ1) is 16.7. The number of hydrogen-bond acceptors (Lipinski definition) is 1. The molecule has 1 unspecified atom stereocenters. The Bertz CT molecular complexity index is 450. The lowest BCUT2D eigenvalue weighted by atomic mass is 9.94. The summed E-state index contributed by atoms with van der Waals surface area (Å²) in [6.45, 7) is 0. The standard InChI is InChI=1S/C11H8F8O/c12-6-1-2-7(13)5(3-6)4-8(20)9(10(14,15)16)11(17,18)19/h1-3,8-9,20H,4H2. The molecule has 1 rings (SSSR count). The molecule has 20 heavy (non-hydrogen) atoms. The van der Waals surface area contributed by atoms with Crippen LogP contribution < -0.4 is 0 Å². The molecule has 0 saturated carbocycles. The molecule has 0 aromatic heterocycles. The molecule has 0 heterocycles. The van der Waals surface area contributed by atoms with Crippen molar-refractivity contribution in [1.82, 2.24) is 0 Å². The summed E-state index contributed by atoms with van der Waals surface area (Å²) in [7, 11) is 0. The Morgan fingerprint density at radius 1 is 0.950 bits per heavy atom. The van der Waals surface area contributed by atoms with Gasteiger partial charge in [-0.2, -0.15) is 26.3 Å². The average molecular weight is 308 g/mol. The summed E-state index contributed by atoms with van der Waals surface area (Å²) in [6.07, 6.45) is -15.8. The third-order valence-electron chi connectivity index (χ3n) is 2.53. The number of hydrogen-bond donors (Lipinski definition) is 1. The molecule has 0 bridgehead atoms. The molecule has 9 heteroatoms. The Kier molecular flexibility index (Phi) is 4.62. The van der Waals surface area contributed by atoms with Gasteiger partial charge in [0, 0.05) is 6.42 Å². The van der Waals surface area contributed by atoms with E-state index in [0.717, 1.165) is 0 Å². The Labute approximate surface area is 107 Å². The number of aliphatic hydroxyl groups excluding tert-OH is 1. The van der Waals surface area contributed by atoms with E-state index >= 15 is 0 Å². The molecule has 0 saturated heterocycles. The van der Waals surface area contributed by atoms with Crippen LogP contribution in [0.2, 0.25) is 0 Å². The van der Waals surface area contributed by atoms with E-state index in [9.17, 15) is 35.1 Å². The molecule has 0 aliphatic rings. The van der Waals surface area contributed by atoms with E-state index in [2.05, 4.69) is 0 Å². The number of aliphatic hydroxyl groups is 1. The second kappa shape index (κ2) is 5.55. The van der Waals surface area contributed by atoms with Gasteiger partial charge in [-0.15, -0.1) is 0 Å². The first-order valence-electron chi connectivity index (χ1n) is 5.18. The minimum absolute atomic E-state index is 0.433. The Hall–Kier alpha value is -1.38. The Morgan fingerprint density at radius 3 is 1.90 bits per heavy atom. The number of halogens is 8. The summed E-state index contributed by atoms with van der Waals surface area (Å²) < 4.78 is 99.7. The molecule has 0 fully saturated rings. The van der Waals surface area contributed by atoms with Gasteiger partial charge in [-0.25, -0.2) is 8.78 Å². The molecule has 1 aromatic carbocycles. The van der Waals surface area contributed by atoms with Crippen LogP contribution in [-0.2, 0) is 6.42 Å². The normalized spacial score (nSPS) is 14.7. The molecule has 1 N–H and O–H groups in total. The van der Waals surface area contributed by atoms with Crippen LogP contribution >= 0.6 is 0 Å². The van der Waals surface area contributed by atoms with Gasteiger partial charge in [0.2, 0.25) is 0 Å². The maximum Gasteiger partial charge on any atom is 0.403 e. The van der Waals surface area contributed by atoms with E-state index in [1.165, 1.54) is 0 Å². The fourth-order valence-electron chi connectivity index (χ4n) is 1.66. The van der Waals surface area contributed by atoms with E-state index in [4.69, 9.17) is 5.11 Å². The predicted octanol–water partition coefficient (Wildman–Crippen LogP) is 3.61. The molecule has 114 valence electrons. The molecule has 0 aliphatic heterocycles. The van der Waals surface area contributed by atoms with Crippen molar-refractivity contribution in [2.75, 3.05) is 0 Å². The molecule has 1 nitrogen and oxygen atoms in total. The molecule has 0 radical (unpaired) electrons. The highest BCUT2D eigenvalue weighted by molar-refractivity contribution is 5.19. The van der Waals surface area contributed by atoms with Crippen LogP contribution in [0.15, 0.2) is 18.2 Å². The van der Waals surface area contributed by atoms with E-state index < -0.39 is 48.0 Å². The number of alkyl halides is 6. The minimum Gasteiger partial charge on any atom is -0.392 e. The summed E-state index contributed by atoms with van der Waals surface area (Å²) in [4.78, 5) is 0. The zero-order chi connectivity index (χ0) is 15.7. The molecule has 1 aromatic rings. The maximum atomic E-state index is 13.1. The van der Waals surface area contributed by atoms with Crippen molar-refractivity contribution in [3.63, 3.8) is 0 Å². The fourth-order valence-corrected chi connectivity index (χ4v) is 1.66. The second-order valence-electron chi connectivity index (χ2n) is 4.07. The van der Waals surface area contributed by atoms with Gasteiger partial charge in [0.15, 0.2) is 5.92 Å². The first-order chi connectivity index (χ1) is 8.93. The lowest BCUT2D eigenvalue weighted by Gasteiger charge is -2.27. The van der Waals surface area contributed by atoms with Gasteiger partial charge in [-0.1, -0.05) is 0 Å². The molecule has 0 amide bonds. The van der Waals surface area contributed by atoms with Crippen LogP contribution in [0, 0.1) is 17.6 Å². The second-order valence-corrected chi connectivity index (χ2v) is 4.07. The molecular formula is C11H8F8O. The van der Waals surface area contributed by atoms with E-state index in [-0.39, 0.29) is 0 Å². The zero-order valence-electron chi connectivity index (χ0n) is 9.56. The van der Waals surface area contributed by atoms with E-state index in [1.807, 2.05) is 0 Å². The van der Waals surface area contributed by atoms with Crippen LogP contribution in [0.4, 0.5) is 35.1 Å². The van der Waals surface area contributed by atoms with E-state index in [0.29, 0.717) is 18.2 Å². The summed E-state index contributed by atoms with van der Waals surface area (Å²) in [5.74, 6) is -6.27. The molecule has 0 aliphatic carbocycles. The van der Waals surface area contributed by atoms with Crippen LogP contribution in [0.5, 0.6) is 0 Å². The molecule has 1 atom stereocenters. The first-order valence-corrected chi connectivity index (χ1v) is 5.18. The van der Waals surface area contributed by atoms with E-state index in [1.54, 1.807) is 0 Å². The van der Waals surface area contributed by atoms with Gasteiger partial charge in [0.05, 0.1) is 6.10 Å². The van der Waals surface area contributed by atoms with Crippen molar-refractivity contribution in [2.45, 2.75) is 24.9 Å². The Morgan fingerprint density at radius 2 is 1.45 bits per heavy atom. The lowest BCUT2D eigenvalue weighted by molar-refractivity contribution is -0.305. The van der Waals surface area contributed by atoms with Crippen molar-refractivity contribution in [2.24, 2.45) is 5.92 Å². The quantitative estimate of drug-likeness (QED) is 0.846. The van der Waals surface area contributed by atoms with Gasteiger partial charge in [-0.05, 0) is 23.8 Å². The number of rotatable bonds is 3. The topological polar surface area (TPSA) is 20.2 Å². The lowest BCUT2D eigenvalue weighted by Crippen LogP contribution is -2.45. The highest BCUT2D eigenvalue weighted by atomic mass is 19.4. The highest BCUT2D eigenvalue weighted by Crippen LogP contribution is 2.42. The van der Waals surface area contributed by atoms with Gasteiger partial charge in [0.1, 0.15) is 11.6 Å². The van der Waals surface area contributed by atoms with Crippen molar-refractivity contribution >= 4 is 0 Å². The third-order valence-corrected chi connectivity index (χ3v) is 2.53. The van der Waals surface area contributed by atoms with Crippen molar-refractivity contribution in [1.29, 1.82) is 0 Å². The Balaban J connectivity index is 3.03. The maximum absolute atomic E-state index is 13.1. The van der Waals surface area contributed by atoms with Gasteiger partial charge >= 0.3 is 12.4 Å². The van der Waals surface area contributed by atoms with Crippen LogP contribution in [0.1, 0.15) is 5.56 Å². The summed E-state index contributed by atoms with van der Waals surface area (Å²) >= 11 is 0. The third kappa shape index (κ3) is 4.06. The van der Waals surface area contributed by atoms with Gasteiger partial charge in [0.25, 0.3) is 0 Å². The van der Waals surface area contributed by atoms with Crippen LogP contribution in [0.25, 0.3) is 0 Å².